The second-order valence-electron chi connectivity index (χ2n) is 9.31. The van der Waals surface area contributed by atoms with Gasteiger partial charge in [0.1, 0.15) is 11.5 Å². The van der Waals surface area contributed by atoms with Gasteiger partial charge < -0.3 is 10.1 Å². The number of hydrogen-bond acceptors (Lipinski definition) is 3. The van der Waals surface area contributed by atoms with Crippen molar-refractivity contribution in [2.75, 3.05) is 5.32 Å². The zero-order valence-electron chi connectivity index (χ0n) is 20.8. The van der Waals surface area contributed by atoms with Gasteiger partial charge >= 0.3 is 6.03 Å². The lowest BCUT2D eigenvalue weighted by Crippen LogP contribution is -2.31. The summed E-state index contributed by atoms with van der Waals surface area (Å²) in [5.41, 5.74) is 4.63. The van der Waals surface area contributed by atoms with E-state index in [9.17, 15) is 4.79 Å². The van der Waals surface area contributed by atoms with Crippen LogP contribution in [0.4, 0.5) is 10.5 Å². The van der Waals surface area contributed by atoms with Crippen LogP contribution >= 0.6 is 11.6 Å². The number of anilines is 1. The predicted molar refractivity (Wildman–Crippen MR) is 150 cm³/mol. The van der Waals surface area contributed by atoms with E-state index in [1.54, 1.807) is 0 Å². The normalized spacial score (nSPS) is 15.0. The first-order chi connectivity index (χ1) is 18.0. The fourth-order valence-corrected chi connectivity index (χ4v) is 4.44. The molecule has 0 saturated heterocycles. The summed E-state index contributed by atoms with van der Waals surface area (Å²) >= 11 is 6.10. The summed E-state index contributed by atoms with van der Waals surface area (Å²) in [6, 6.07) is 32.3. The number of carbonyl (C=O) groups is 1. The first kappa shape index (κ1) is 24.6. The van der Waals surface area contributed by atoms with E-state index in [0.29, 0.717) is 23.1 Å². The Morgan fingerprint density at radius 1 is 0.919 bits per heavy atom. The zero-order valence-corrected chi connectivity index (χ0v) is 21.5. The summed E-state index contributed by atoms with van der Waals surface area (Å²) < 4.78 is 6.05. The van der Waals surface area contributed by atoms with Crippen LogP contribution in [0, 0.1) is 0 Å². The summed E-state index contributed by atoms with van der Waals surface area (Å²) in [6.45, 7) is 4.29. The van der Waals surface area contributed by atoms with E-state index in [0.717, 1.165) is 28.3 Å². The van der Waals surface area contributed by atoms with Crippen molar-refractivity contribution in [3.63, 3.8) is 0 Å². The molecule has 4 aromatic carbocycles. The van der Waals surface area contributed by atoms with E-state index in [4.69, 9.17) is 21.4 Å². The third-order valence-electron chi connectivity index (χ3n) is 6.35. The number of carbonyl (C=O) groups excluding carboxylic acids is 1. The van der Waals surface area contributed by atoms with Crippen LogP contribution in [0.1, 0.15) is 48.9 Å². The average molecular weight is 510 g/mol. The van der Waals surface area contributed by atoms with Crippen molar-refractivity contribution in [1.82, 2.24) is 5.01 Å². The SMILES string of the molecule is CC(C)c1ccc(NC(=O)N2N=C(c3ccc(Cl)cc3)CC2c2cccc(Oc3ccccc3)c2)cc1. The molecule has 4 aromatic rings. The Balaban J connectivity index is 1.43. The van der Waals surface area contributed by atoms with Crippen LogP contribution in [0.2, 0.25) is 5.02 Å². The Morgan fingerprint density at radius 2 is 1.62 bits per heavy atom. The molecule has 5 nitrogen and oxygen atoms in total. The molecule has 0 bridgehead atoms. The van der Waals surface area contributed by atoms with E-state index >= 15 is 0 Å². The molecule has 37 heavy (non-hydrogen) atoms. The molecule has 6 heteroatoms. The topological polar surface area (TPSA) is 53.9 Å². The van der Waals surface area contributed by atoms with Gasteiger partial charge in [-0.1, -0.05) is 80.0 Å². The Bertz CT molecular complexity index is 1400. The number of hydrogen-bond donors (Lipinski definition) is 1. The minimum absolute atomic E-state index is 0.291. The monoisotopic (exact) mass is 509 g/mol. The summed E-state index contributed by atoms with van der Waals surface area (Å²) in [7, 11) is 0. The molecule has 1 aliphatic heterocycles. The number of benzene rings is 4. The second kappa shape index (κ2) is 10.9. The number of urea groups is 1. The van der Waals surface area contributed by atoms with Gasteiger partial charge in [0.25, 0.3) is 0 Å². The quantitative estimate of drug-likeness (QED) is 0.283. The van der Waals surface area contributed by atoms with Crippen molar-refractivity contribution in [1.29, 1.82) is 0 Å². The molecule has 1 N–H and O–H groups in total. The third-order valence-corrected chi connectivity index (χ3v) is 6.60. The highest BCUT2D eigenvalue weighted by Crippen LogP contribution is 2.35. The zero-order chi connectivity index (χ0) is 25.8. The van der Waals surface area contributed by atoms with E-state index in [2.05, 4.69) is 19.2 Å². The van der Waals surface area contributed by atoms with Crippen LogP contribution in [-0.2, 0) is 0 Å². The Labute approximate surface area is 222 Å². The number of nitrogens with one attached hydrogen (secondary N) is 1. The maximum absolute atomic E-state index is 13.5. The van der Waals surface area contributed by atoms with Gasteiger partial charge in [0.2, 0.25) is 0 Å². The maximum Gasteiger partial charge on any atom is 0.342 e. The number of hydrazone groups is 1. The van der Waals surface area contributed by atoms with Crippen LogP contribution in [0.5, 0.6) is 11.5 Å². The van der Waals surface area contributed by atoms with Gasteiger partial charge in [-0.3, -0.25) is 0 Å². The molecule has 1 unspecified atom stereocenters. The van der Waals surface area contributed by atoms with Crippen LogP contribution in [0.25, 0.3) is 0 Å². The number of halogens is 1. The summed E-state index contributed by atoms with van der Waals surface area (Å²) in [4.78, 5) is 13.5. The molecule has 186 valence electrons. The van der Waals surface area contributed by atoms with Crippen LogP contribution < -0.4 is 10.1 Å². The van der Waals surface area contributed by atoms with Crippen molar-refractivity contribution in [2.24, 2.45) is 5.10 Å². The first-order valence-electron chi connectivity index (χ1n) is 12.3. The number of nitrogens with zero attached hydrogens (tertiary/aromatic N) is 2. The van der Waals surface area contributed by atoms with Gasteiger partial charge in [0.05, 0.1) is 11.8 Å². The third kappa shape index (κ3) is 5.84. The Hall–Kier alpha value is -4.09. The minimum atomic E-state index is -0.292. The van der Waals surface area contributed by atoms with Crippen molar-refractivity contribution >= 4 is 29.0 Å². The largest absolute Gasteiger partial charge is 0.457 e. The minimum Gasteiger partial charge on any atom is -0.457 e. The molecule has 0 aromatic heterocycles. The molecule has 0 aliphatic carbocycles. The van der Waals surface area contributed by atoms with Gasteiger partial charge in [-0.25, -0.2) is 9.80 Å². The maximum atomic E-state index is 13.5. The fourth-order valence-electron chi connectivity index (χ4n) is 4.32. The molecular formula is C31H28ClN3O2. The van der Waals surface area contributed by atoms with Crippen molar-refractivity contribution in [3.05, 3.63) is 125 Å². The Morgan fingerprint density at radius 3 is 2.32 bits per heavy atom. The van der Waals surface area contributed by atoms with E-state index in [-0.39, 0.29) is 12.1 Å². The number of ether oxygens (including phenoxy) is 1. The van der Waals surface area contributed by atoms with Crippen molar-refractivity contribution < 1.29 is 9.53 Å². The van der Waals surface area contributed by atoms with Crippen molar-refractivity contribution in [3.8, 4) is 11.5 Å². The average Bonchev–Trinajstić information content (AvgIpc) is 3.36. The smallest absolute Gasteiger partial charge is 0.342 e. The molecule has 0 spiro atoms. The molecule has 0 saturated carbocycles. The molecule has 1 heterocycles. The molecule has 1 aliphatic rings. The van der Waals surface area contributed by atoms with Gasteiger partial charge in [0, 0.05) is 17.1 Å². The van der Waals surface area contributed by atoms with E-state index < -0.39 is 0 Å². The highest BCUT2D eigenvalue weighted by molar-refractivity contribution is 6.30. The lowest BCUT2D eigenvalue weighted by atomic mass is 9.98. The van der Waals surface area contributed by atoms with E-state index in [1.807, 2.05) is 103 Å². The lowest BCUT2D eigenvalue weighted by molar-refractivity contribution is 0.200. The highest BCUT2D eigenvalue weighted by atomic mass is 35.5. The molecule has 2 amide bonds. The molecule has 5 rings (SSSR count). The molecule has 0 radical (unpaired) electrons. The molecule has 1 atom stereocenters. The van der Waals surface area contributed by atoms with Gasteiger partial charge in [-0.05, 0) is 71.1 Å². The molecule has 0 fully saturated rings. The van der Waals surface area contributed by atoms with Gasteiger partial charge in [-0.15, -0.1) is 0 Å². The second-order valence-corrected chi connectivity index (χ2v) is 9.75. The van der Waals surface area contributed by atoms with Gasteiger partial charge in [-0.2, -0.15) is 5.10 Å². The number of rotatable bonds is 6. The number of amides is 2. The summed E-state index contributed by atoms with van der Waals surface area (Å²) in [5.74, 6) is 1.88. The van der Waals surface area contributed by atoms with Crippen LogP contribution in [0.15, 0.2) is 108 Å². The fraction of sp³-hybridized carbons (Fsp3) is 0.161. The van der Waals surface area contributed by atoms with Crippen LogP contribution in [0.3, 0.4) is 0 Å². The number of para-hydroxylation sites is 1. The van der Waals surface area contributed by atoms with E-state index in [1.165, 1.54) is 10.6 Å². The van der Waals surface area contributed by atoms with Crippen LogP contribution in [-0.4, -0.2) is 16.8 Å². The summed E-state index contributed by atoms with van der Waals surface area (Å²) in [6.07, 6.45) is 0.566. The standard InChI is InChI=1S/C31H28ClN3O2/c1-21(2)22-13-17-26(18-14-22)33-31(36)35-30(20-29(34-35)23-11-15-25(32)16-12-23)24-7-6-10-28(19-24)37-27-8-4-3-5-9-27/h3-19,21,30H,20H2,1-2H3,(H,33,36). The van der Waals surface area contributed by atoms with Gasteiger partial charge in [0.15, 0.2) is 0 Å². The molecular weight excluding hydrogens is 482 g/mol. The Kier molecular flexibility index (Phi) is 7.24. The summed E-state index contributed by atoms with van der Waals surface area (Å²) in [5, 5.41) is 9.95. The highest BCUT2D eigenvalue weighted by Gasteiger charge is 2.33. The lowest BCUT2D eigenvalue weighted by Gasteiger charge is -2.23. The van der Waals surface area contributed by atoms with Crippen molar-refractivity contribution in [2.45, 2.75) is 32.2 Å². The first-order valence-corrected chi connectivity index (χ1v) is 12.7. The predicted octanol–water partition coefficient (Wildman–Crippen LogP) is 8.64.